The highest BCUT2D eigenvalue weighted by molar-refractivity contribution is 6.33. The Kier molecular flexibility index (Phi) is 7.64. The van der Waals surface area contributed by atoms with E-state index in [0.29, 0.717) is 29.5 Å². The number of aliphatic carboxylic acids is 1. The number of hydrogen-bond donors (Lipinski definition) is 2. The Labute approximate surface area is 146 Å². The van der Waals surface area contributed by atoms with Crippen LogP contribution < -0.4 is 14.8 Å². The average molecular weight is 359 g/mol. The van der Waals surface area contributed by atoms with Crippen molar-refractivity contribution < 1.29 is 24.2 Å². The number of rotatable bonds is 8. The summed E-state index contributed by atoms with van der Waals surface area (Å²) in [4.78, 5) is 24.1. The number of carbonyl (C=O) groups excluding carboxylic acids is 1. The van der Waals surface area contributed by atoms with Gasteiger partial charge in [0.05, 0.1) is 25.2 Å². The van der Waals surface area contributed by atoms with Crippen LogP contribution in [-0.4, -0.2) is 56.4 Å². The molecule has 1 rings (SSSR count). The van der Waals surface area contributed by atoms with Crippen molar-refractivity contribution in [3.8, 4) is 11.5 Å². The van der Waals surface area contributed by atoms with Gasteiger partial charge in [0, 0.05) is 20.1 Å². The molecule has 0 saturated carbocycles. The molecule has 0 heterocycles. The van der Waals surface area contributed by atoms with E-state index in [0.717, 1.165) is 5.56 Å². The van der Waals surface area contributed by atoms with Gasteiger partial charge >= 0.3 is 12.0 Å². The highest BCUT2D eigenvalue weighted by Crippen LogP contribution is 2.37. The molecule has 0 spiro atoms. The van der Waals surface area contributed by atoms with Gasteiger partial charge in [-0.05, 0) is 18.1 Å². The lowest BCUT2D eigenvalue weighted by molar-refractivity contribution is -0.141. The van der Waals surface area contributed by atoms with E-state index in [1.807, 2.05) is 6.07 Å². The summed E-state index contributed by atoms with van der Waals surface area (Å²) in [5, 5.41) is 12.0. The van der Waals surface area contributed by atoms with Crippen molar-refractivity contribution >= 4 is 23.6 Å². The third kappa shape index (κ3) is 5.19. The van der Waals surface area contributed by atoms with Crippen molar-refractivity contribution in [2.24, 2.45) is 5.92 Å². The molecule has 0 aliphatic carbocycles. The largest absolute Gasteiger partial charge is 0.493 e. The topological polar surface area (TPSA) is 88.1 Å². The molecule has 0 fully saturated rings. The van der Waals surface area contributed by atoms with E-state index in [1.165, 1.54) is 19.1 Å². The van der Waals surface area contributed by atoms with E-state index in [-0.39, 0.29) is 12.6 Å². The molecule has 134 valence electrons. The summed E-state index contributed by atoms with van der Waals surface area (Å²) in [5.74, 6) is -0.569. The van der Waals surface area contributed by atoms with Gasteiger partial charge in [-0.1, -0.05) is 24.6 Å². The van der Waals surface area contributed by atoms with Crippen LogP contribution in [0.15, 0.2) is 12.1 Å². The van der Waals surface area contributed by atoms with Gasteiger partial charge in [-0.3, -0.25) is 4.79 Å². The van der Waals surface area contributed by atoms with Gasteiger partial charge in [0.25, 0.3) is 0 Å². The van der Waals surface area contributed by atoms with Crippen molar-refractivity contribution in [1.82, 2.24) is 10.2 Å². The zero-order valence-corrected chi connectivity index (χ0v) is 15.0. The second kappa shape index (κ2) is 9.22. The molecule has 8 heteroatoms. The van der Waals surface area contributed by atoms with Crippen LogP contribution in [0.1, 0.15) is 12.5 Å². The summed E-state index contributed by atoms with van der Waals surface area (Å²) in [5.41, 5.74) is 0.816. The molecule has 0 radical (unpaired) electrons. The number of nitrogens with one attached hydrogen (secondary N) is 1. The molecule has 0 aliphatic heterocycles. The molecule has 1 atom stereocenters. The van der Waals surface area contributed by atoms with Crippen molar-refractivity contribution in [3.63, 3.8) is 0 Å². The van der Waals surface area contributed by atoms with Crippen LogP contribution in [0.5, 0.6) is 11.5 Å². The maximum absolute atomic E-state index is 11.9. The van der Waals surface area contributed by atoms with Gasteiger partial charge in [-0.15, -0.1) is 0 Å². The number of urea groups is 1. The fraction of sp³-hybridized carbons (Fsp3) is 0.500. The van der Waals surface area contributed by atoms with Crippen molar-refractivity contribution in [3.05, 3.63) is 22.7 Å². The number of methoxy groups -OCH3 is 2. The molecule has 24 heavy (non-hydrogen) atoms. The number of carboxylic acid groups (broad SMARTS) is 1. The molecule has 1 aromatic rings. The molecule has 2 amide bonds. The quantitative estimate of drug-likeness (QED) is 0.744. The third-order valence-electron chi connectivity index (χ3n) is 3.55. The lowest BCUT2D eigenvalue weighted by Crippen LogP contribution is -2.41. The Morgan fingerprint density at radius 3 is 2.54 bits per heavy atom. The minimum Gasteiger partial charge on any atom is -0.493 e. The van der Waals surface area contributed by atoms with Crippen molar-refractivity contribution in [2.75, 3.05) is 34.4 Å². The van der Waals surface area contributed by atoms with E-state index in [2.05, 4.69) is 5.32 Å². The van der Waals surface area contributed by atoms with Crippen LogP contribution in [0, 0.1) is 5.92 Å². The predicted molar refractivity (Wildman–Crippen MR) is 91.1 cm³/mol. The number of hydrogen-bond acceptors (Lipinski definition) is 4. The predicted octanol–water partition coefficient (Wildman–Crippen LogP) is 2.26. The zero-order valence-electron chi connectivity index (χ0n) is 14.3. The smallest absolute Gasteiger partial charge is 0.317 e. The second-order valence-corrected chi connectivity index (χ2v) is 5.75. The minimum atomic E-state index is -0.938. The Hall–Kier alpha value is -2.15. The molecular formula is C16H23ClN2O5. The second-order valence-electron chi connectivity index (χ2n) is 5.38. The van der Waals surface area contributed by atoms with E-state index in [9.17, 15) is 9.59 Å². The highest BCUT2D eigenvalue weighted by atomic mass is 35.5. The van der Waals surface area contributed by atoms with Gasteiger partial charge in [0.1, 0.15) is 0 Å². The lowest BCUT2D eigenvalue weighted by atomic mass is 10.1. The summed E-state index contributed by atoms with van der Waals surface area (Å²) < 4.78 is 10.4. The lowest BCUT2D eigenvalue weighted by Gasteiger charge is -2.20. The number of amides is 2. The SMILES string of the molecule is COc1ccc(CCNC(=O)N(C)CC(C)C(=O)O)c(Cl)c1OC. The Morgan fingerprint density at radius 2 is 2.00 bits per heavy atom. The van der Waals surface area contributed by atoms with Crippen molar-refractivity contribution in [1.29, 1.82) is 0 Å². The molecule has 0 aliphatic rings. The number of nitrogens with zero attached hydrogens (tertiary/aromatic N) is 1. The fourth-order valence-corrected chi connectivity index (χ4v) is 2.46. The van der Waals surface area contributed by atoms with E-state index < -0.39 is 11.9 Å². The summed E-state index contributed by atoms with van der Waals surface area (Å²) >= 11 is 6.28. The highest BCUT2D eigenvalue weighted by Gasteiger charge is 2.17. The Bertz CT molecular complexity index is 594. The summed E-state index contributed by atoms with van der Waals surface area (Å²) in [6.45, 7) is 2.05. The molecular weight excluding hydrogens is 336 g/mol. The van der Waals surface area contributed by atoms with Crippen LogP contribution in [0.3, 0.4) is 0 Å². The Balaban J connectivity index is 2.58. The monoisotopic (exact) mass is 358 g/mol. The Morgan fingerprint density at radius 1 is 1.33 bits per heavy atom. The fourth-order valence-electron chi connectivity index (χ4n) is 2.13. The van der Waals surface area contributed by atoms with E-state index in [1.54, 1.807) is 20.0 Å². The van der Waals surface area contributed by atoms with Crippen LogP contribution >= 0.6 is 11.6 Å². The number of halogens is 1. The maximum atomic E-state index is 11.9. The van der Waals surface area contributed by atoms with Gasteiger partial charge < -0.3 is 24.8 Å². The average Bonchev–Trinajstić information content (AvgIpc) is 2.55. The van der Waals surface area contributed by atoms with Crippen LogP contribution in [0.2, 0.25) is 5.02 Å². The van der Waals surface area contributed by atoms with Gasteiger partial charge in [-0.2, -0.15) is 0 Å². The van der Waals surface area contributed by atoms with Crippen molar-refractivity contribution in [2.45, 2.75) is 13.3 Å². The summed E-state index contributed by atoms with van der Waals surface area (Å²) in [6.07, 6.45) is 0.507. The number of carboxylic acids is 1. The normalized spacial score (nSPS) is 11.5. The molecule has 0 bridgehead atoms. The first-order valence-electron chi connectivity index (χ1n) is 7.42. The van der Waals surface area contributed by atoms with Gasteiger partial charge in [0.2, 0.25) is 0 Å². The van der Waals surface area contributed by atoms with Crippen LogP contribution in [0.25, 0.3) is 0 Å². The van der Waals surface area contributed by atoms with Gasteiger partial charge in [0.15, 0.2) is 11.5 Å². The first kappa shape index (κ1) is 19.9. The number of benzene rings is 1. The molecule has 2 N–H and O–H groups in total. The zero-order chi connectivity index (χ0) is 18.3. The van der Waals surface area contributed by atoms with E-state index >= 15 is 0 Å². The molecule has 7 nitrogen and oxygen atoms in total. The molecule has 0 saturated heterocycles. The molecule has 0 aromatic heterocycles. The van der Waals surface area contributed by atoms with E-state index in [4.69, 9.17) is 26.2 Å². The summed E-state index contributed by atoms with van der Waals surface area (Å²) in [6, 6.07) is 3.23. The number of carbonyl (C=O) groups is 2. The number of ether oxygens (including phenoxy) is 2. The minimum absolute atomic E-state index is 0.137. The first-order valence-corrected chi connectivity index (χ1v) is 7.80. The molecule has 1 unspecified atom stereocenters. The van der Waals surface area contributed by atoms with Crippen LogP contribution in [0.4, 0.5) is 4.79 Å². The maximum Gasteiger partial charge on any atom is 0.317 e. The van der Waals surface area contributed by atoms with Gasteiger partial charge in [-0.25, -0.2) is 4.79 Å². The third-order valence-corrected chi connectivity index (χ3v) is 3.97. The standard InChI is InChI=1S/C16H23ClN2O5/c1-10(15(20)21)9-19(2)16(22)18-8-7-11-5-6-12(23-3)14(24-4)13(11)17/h5-6,10H,7-9H2,1-4H3,(H,18,22)(H,20,21). The van der Waals surface area contributed by atoms with Crippen LogP contribution in [-0.2, 0) is 11.2 Å². The first-order chi connectivity index (χ1) is 11.3. The molecule has 1 aromatic carbocycles. The summed E-state index contributed by atoms with van der Waals surface area (Å²) in [7, 11) is 4.59.